The van der Waals surface area contributed by atoms with Crippen LogP contribution in [0.2, 0.25) is 0 Å². The minimum atomic E-state index is -1.09. The third-order valence-electron chi connectivity index (χ3n) is 5.30. The fourth-order valence-electron chi connectivity index (χ4n) is 3.74. The maximum Gasteiger partial charge on any atom is 0.201 e. The maximum atomic E-state index is 14.5. The number of fused-ring (bicyclic) bond motifs is 1. The van der Waals surface area contributed by atoms with Crippen molar-refractivity contribution in [1.29, 1.82) is 0 Å². The Morgan fingerprint density at radius 2 is 2.25 bits per heavy atom. The number of nitrogens with zero attached hydrogens (tertiary/aromatic N) is 3. The number of nitrogens with one attached hydrogen (secondary N) is 3. The standard InChI is InChI=1S/C21H23BrF2N6O2/c1-32-8-7-30-6-5-14(11-30)26-21-27-18-15(10-16(23)17(24)19(18)28-21)20(29-31)25-13-4-2-3-12(22)9-13/h2-4,9-10,14,31H,5-8,11H2,1H3,(H,25,29)(H2,26,27,28)/t14-/m1/s1. The zero-order chi connectivity index (χ0) is 22.7. The topological polar surface area (TPSA) is 97.8 Å². The second kappa shape index (κ2) is 9.90. The summed E-state index contributed by atoms with van der Waals surface area (Å²) in [6.45, 7) is 3.18. The van der Waals surface area contributed by atoms with Crippen LogP contribution in [0, 0.1) is 11.6 Å². The second-order valence-electron chi connectivity index (χ2n) is 7.50. The highest BCUT2D eigenvalue weighted by molar-refractivity contribution is 9.10. The number of anilines is 1. The summed E-state index contributed by atoms with van der Waals surface area (Å²) < 4.78 is 34.8. The number of methoxy groups -OCH3 is 1. The largest absolute Gasteiger partial charge is 0.383 e. The molecule has 170 valence electrons. The number of aromatic amines is 1. The van der Waals surface area contributed by atoms with Crippen LogP contribution >= 0.6 is 15.9 Å². The van der Waals surface area contributed by atoms with Crippen molar-refractivity contribution < 1.29 is 18.7 Å². The lowest BCUT2D eigenvalue weighted by molar-refractivity contribution is 0.160. The number of aliphatic imine (C=N–C) groups is 1. The van der Waals surface area contributed by atoms with E-state index in [0.29, 0.717) is 18.2 Å². The van der Waals surface area contributed by atoms with Crippen molar-refractivity contribution in [3.8, 4) is 0 Å². The van der Waals surface area contributed by atoms with Gasteiger partial charge in [0, 0.05) is 42.8 Å². The molecule has 0 unspecified atom stereocenters. The van der Waals surface area contributed by atoms with Crippen LogP contribution in [0.4, 0.5) is 20.4 Å². The lowest BCUT2D eigenvalue weighted by Gasteiger charge is -2.15. The number of aromatic nitrogens is 2. The third kappa shape index (κ3) is 4.90. The summed E-state index contributed by atoms with van der Waals surface area (Å²) in [5, 5.41) is 12.9. The predicted octanol–water partition coefficient (Wildman–Crippen LogP) is 3.79. The molecule has 1 saturated heterocycles. The molecule has 1 aliphatic rings. The van der Waals surface area contributed by atoms with Crippen molar-refractivity contribution in [3.63, 3.8) is 0 Å². The number of benzene rings is 2. The van der Waals surface area contributed by atoms with Crippen LogP contribution in [-0.2, 0) is 4.74 Å². The molecule has 0 radical (unpaired) electrons. The molecule has 8 nitrogen and oxygen atoms in total. The molecule has 1 aromatic heterocycles. The van der Waals surface area contributed by atoms with E-state index in [2.05, 4.69) is 41.1 Å². The van der Waals surface area contributed by atoms with Gasteiger partial charge in [0.2, 0.25) is 5.95 Å². The molecule has 32 heavy (non-hydrogen) atoms. The van der Waals surface area contributed by atoms with E-state index in [1.165, 1.54) is 0 Å². The van der Waals surface area contributed by atoms with Crippen LogP contribution < -0.4 is 10.8 Å². The monoisotopic (exact) mass is 508 g/mol. The first kappa shape index (κ1) is 22.6. The molecule has 0 amide bonds. The minimum absolute atomic E-state index is 0.0474. The zero-order valence-corrected chi connectivity index (χ0v) is 18.9. The van der Waals surface area contributed by atoms with Crippen LogP contribution in [-0.4, -0.2) is 65.3 Å². The second-order valence-corrected chi connectivity index (χ2v) is 8.42. The Morgan fingerprint density at radius 1 is 1.41 bits per heavy atom. The van der Waals surface area contributed by atoms with Gasteiger partial charge in [-0.05, 0) is 30.7 Å². The van der Waals surface area contributed by atoms with E-state index in [-0.39, 0.29) is 28.5 Å². The summed E-state index contributed by atoms with van der Waals surface area (Å²) in [5.41, 5.74) is 2.69. The molecular formula is C21H23BrF2N6O2. The molecule has 1 atom stereocenters. The first-order chi connectivity index (χ1) is 15.5. The molecule has 11 heteroatoms. The molecular weight excluding hydrogens is 486 g/mol. The molecule has 2 aromatic carbocycles. The van der Waals surface area contributed by atoms with Gasteiger partial charge in [0.05, 0.1) is 17.8 Å². The Labute approximate surface area is 191 Å². The van der Waals surface area contributed by atoms with Gasteiger partial charge in [-0.2, -0.15) is 0 Å². The van der Waals surface area contributed by atoms with E-state index >= 15 is 0 Å². The van der Waals surface area contributed by atoms with Crippen LogP contribution in [0.25, 0.3) is 11.0 Å². The van der Waals surface area contributed by atoms with Gasteiger partial charge in [-0.25, -0.2) is 18.8 Å². The summed E-state index contributed by atoms with van der Waals surface area (Å²) >= 11 is 3.36. The minimum Gasteiger partial charge on any atom is -0.383 e. The molecule has 0 saturated carbocycles. The smallest absolute Gasteiger partial charge is 0.201 e. The summed E-state index contributed by atoms with van der Waals surface area (Å²) in [4.78, 5) is 13.8. The van der Waals surface area contributed by atoms with Crippen molar-refractivity contribution in [2.45, 2.75) is 12.5 Å². The SMILES string of the molecule is COCCN1CC[C@@H](Nc2nc3c(F)c(F)cc(C(=Nc4cccc(Br)c4)NO)c3[nH]2)C1. The van der Waals surface area contributed by atoms with Gasteiger partial charge in [-0.15, -0.1) is 0 Å². The lowest BCUT2D eigenvalue weighted by Crippen LogP contribution is -2.29. The van der Waals surface area contributed by atoms with E-state index in [4.69, 9.17) is 4.74 Å². The summed E-state index contributed by atoms with van der Waals surface area (Å²) in [6.07, 6.45) is 0.887. The van der Waals surface area contributed by atoms with Crippen LogP contribution in [0.1, 0.15) is 12.0 Å². The normalized spacial score (nSPS) is 17.3. The highest BCUT2D eigenvalue weighted by Crippen LogP contribution is 2.27. The molecule has 1 fully saturated rings. The van der Waals surface area contributed by atoms with Crippen molar-refractivity contribution in [2.24, 2.45) is 4.99 Å². The maximum absolute atomic E-state index is 14.5. The highest BCUT2D eigenvalue weighted by atomic mass is 79.9. The number of ether oxygens (including phenoxy) is 1. The van der Waals surface area contributed by atoms with E-state index in [0.717, 1.165) is 36.6 Å². The first-order valence-corrected chi connectivity index (χ1v) is 10.9. The van der Waals surface area contributed by atoms with E-state index in [9.17, 15) is 14.0 Å². The van der Waals surface area contributed by atoms with Crippen molar-refractivity contribution >= 4 is 44.4 Å². The number of amidine groups is 1. The third-order valence-corrected chi connectivity index (χ3v) is 5.79. The number of halogens is 3. The Kier molecular flexibility index (Phi) is 6.99. The zero-order valence-electron chi connectivity index (χ0n) is 17.3. The van der Waals surface area contributed by atoms with Gasteiger partial charge >= 0.3 is 0 Å². The number of hydroxylamine groups is 1. The predicted molar refractivity (Wildman–Crippen MR) is 122 cm³/mol. The number of likely N-dealkylation sites (tertiary alicyclic amines) is 1. The quantitative estimate of drug-likeness (QED) is 0.220. The van der Waals surface area contributed by atoms with Crippen LogP contribution in [0.3, 0.4) is 0 Å². The Hall–Kier alpha value is -2.60. The molecule has 0 spiro atoms. The molecule has 3 aromatic rings. The van der Waals surface area contributed by atoms with Crippen molar-refractivity contribution in [3.05, 3.63) is 52.0 Å². The molecule has 4 rings (SSSR count). The highest BCUT2D eigenvalue weighted by Gasteiger charge is 2.24. The van der Waals surface area contributed by atoms with Gasteiger partial charge in [-0.1, -0.05) is 22.0 Å². The van der Waals surface area contributed by atoms with Gasteiger partial charge in [0.15, 0.2) is 17.5 Å². The molecule has 0 bridgehead atoms. The van der Waals surface area contributed by atoms with Crippen LogP contribution in [0.15, 0.2) is 39.8 Å². The fourth-order valence-corrected chi connectivity index (χ4v) is 4.13. The van der Waals surface area contributed by atoms with E-state index < -0.39 is 11.6 Å². The van der Waals surface area contributed by atoms with E-state index in [1.807, 2.05) is 11.5 Å². The average Bonchev–Trinajstić information content (AvgIpc) is 3.40. The summed E-state index contributed by atoms with van der Waals surface area (Å²) in [7, 11) is 1.67. The fraction of sp³-hybridized carbons (Fsp3) is 0.333. The number of rotatable bonds is 7. The average molecular weight is 509 g/mol. The van der Waals surface area contributed by atoms with Gasteiger partial charge in [0.1, 0.15) is 5.52 Å². The summed E-state index contributed by atoms with van der Waals surface area (Å²) in [6, 6.07) is 8.12. The molecule has 0 aliphatic carbocycles. The number of hydrogen-bond acceptors (Lipinski definition) is 6. The Balaban J connectivity index is 1.65. The molecule has 4 N–H and O–H groups in total. The number of hydrogen-bond donors (Lipinski definition) is 4. The Morgan fingerprint density at radius 3 is 3.00 bits per heavy atom. The number of imidazole rings is 1. The van der Waals surface area contributed by atoms with Crippen molar-refractivity contribution in [2.75, 3.05) is 38.7 Å². The van der Waals surface area contributed by atoms with Crippen LogP contribution in [0.5, 0.6) is 0 Å². The first-order valence-electron chi connectivity index (χ1n) is 10.1. The van der Waals surface area contributed by atoms with Gasteiger partial charge in [0.25, 0.3) is 0 Å². The van der Waals surface area contributed by atoms with Gasteiger partial charge < -0.3 is 15.0 Å². The van der Waals surface area contributed by atoms with Gasteiger partial charge in [-0.3, -0.25) is 15.6 Å². The Bertz CT molecular complexity index is 1140. The van der Waals surface area contributed by atoms with Crippen molar-refractivity contribution in [1.82, 2.24) is 20.3 Å². The summed E-state index contributed by atoms with van der Waals surface area (Å²) in [5.74, 6) is -1.88. The lowest BCUT2D eigenvalue weighted by atomic mass is 10.1. The number of H-pyrrole nitrogens is 1. The van der Waals surface area contributed by atoms with E-state index in [1.54, 1.807) is 25.3 Å². The molecule has 1 aliphatic heterocycles. The molecule has 2 heterocycles.